The monoisotopic (exact) mass is 950 g/mol. The largest absolute Gasteiger partial charge is 0.357 e. The molecule has 3 atom stereocenters. The number of Topliss-reactive ketones (excluding diaryl/α,β-unsaturated/α-hetero) is 2. The maximum absolute atomic E-state index is 14.1. The molecular weight excluding hydrogens is 911 g/mol. The first kappa shape index (κ1) is 46.0. The number of halogens is 6. The number of aromatic nitrogens is 2. The van der Waals surface area contributed by atoms with Gasteiger partial charge in [-0.05, 0) is 100 Å². The Morgan fingerprint density at radius 3 is 2.12 bits per heavy atom. The van der Waals surface area contributed by atoms with E-state index in [4.69, 9.17) is 23.2 Å². The van der Waals surface area contributed by atoms with Gasteiger partial charge in [-0.2, -0.15) is 5.26 Å². The number of nitrogens with zero attached hydrogens (tertiary/aromatic N) is 3. The van der Waals surface area contributed by atoms with E-state index in [1.165, 1.54) is 32.2 Å². The molecule has 4 heterocycles. The van der Waals surface area contributed by atoms with Crippen LogP contribution in [0.4, 0.5) is 28.9 Å². The van der Waals surface area contributed by atoms with Crippen molar-refractivity contribution in [1.29, 1.82) is 5.26 Å². The number of likely N-dealkylation sites (N-methyl/N-ethyl adjacent to an activating group) is 1. The number of benzene rings is 2. The average Bonchev–Trinajstić information content (AvgIpc) is 3.63. The van der Waals surface area contributed by atoms with Crippen molar-refractivity contribution in [1.82, 2.24) is 25.1 Å². The summed E-state index contributed by atoms with van der Waals surface area (Å²) in [5.41, 5.74) is -2.81. The Morgan fingerprint density at radius 2 is 1.50 bits per heavy atom. The molecule has 4 aliphatic rings. The van der Waals surface area contributed by atoms with Crippen LogP contribution < -0.4 is 26.6 Å². The molecule has 0 bridgehead atoms. The van der Waals surface area contributed by atoms with Gasteiger partial charge in [-0.3, -0.25) is 33.6 Å². The highest BCUT2D eigenvalue weighted by Gasteiger charge is 2.63. The van der Waals surface area contributed by atoms with Crippen molar-refractivity contribution in [3.05, 3.63) is 103 Å². The fourth-order valence-corrected chi connectivity index (χ4v) is 10.5. The Bertz CT molecular complexity index is 2890. The van der Waals surface area contributed by atoms with Gasteiger partial charge in [-0.25, -0.2) is 17.6 Å². The van der Waals surface area contributed by atoms with Crippen LogP contribution in [0.2, 0.25) is 10.0 Å². The number of anilines is 2. The summed E-state index contributed by atoms with van der Waals surface area (Å²) in [5.74, 6) is -12.1. The lowest BCUT2D eigenvalue weighted by molar-refractivity contribution is -0.164. The van der Waals surface area contributed by atoms with Crippen molar-refractivity contribution in [2.45, 2.75) is 88.9 Å². The Hall–Kier alpha value is -6.52. The number of carbonyl (C=O) groups excluding carboxylic acids is 7. The Morgan fingerprint density at radius 1 is 0.879 bits per heavy atom. The van der Waals surface area contributed by atoms with Crippen molar-refractivity contribution < 1.29 is 51.1 Å². The summed E-state index contributed by atoms with van der Waals surface area (Å²) in [6.07, 6.45) is -0.734. The summed E-state index contributed by atoms with van der Waals surface area (Å²) >= 11 is 12.7. The molecule has 0 radical (unpaired) electrons. The van der Waals surface area contributed by atoms with Crippen molar-refractivity contribution in [3.8, 4) is 6.07 Å². The maximum Gasteiger partial charge on any atom is 0.293 e. The van der Waals surface area contributed by atoms with Gasteiger partial charge in [0.05, 0.1) is 26.7 Å². The average molecular weight is 952 g/mol. The molecule has 5 amide bonds. The lowest BCUT2D eigenvalue weighted by Gasteiger charge is -2.45. The first-order valence-electron chi connectivity index (χ1n) is 20.8. The second kappa shape index (κ2) is 16.4. The standard InChI is InChI=1S/C45H40Cl2F4N8O7/c1-19-30(36(60)41(65)57-44(42(66)53-4)17-45(50,51)18-44)29-14-23-24(34(23)59(29)33(19)38(62)55-22-8-10-27(49)25(46)13-22)15-43(2,3)56-40(64)37(61)31-28-6-5-11-58(28)35(32(31)47)39(63)54-21-7-9-26(48)20(12-21)16-52/h7-10,12-13,23-24,34H,5-6,11,14-15,17-18H2,1-4H3,(H,53,66)(H,54,63)(H,55,62)(H,56,64)(H,57,65)/t23-,24?,34-/m1/s1. The van der Waals surface area contributed by atoms with Gasteiger partial charge in [0.25, 0.3) is 41.1 Å². The lowest BCUT2D eigenvalue weighted by Crippen LogP contribution is -2.69. The molecule has 1 unspecified atom stereocenters. The quantitative estimate of drug-likeness (QED) is 0.0588. The number of alkyl halides is 2. The molecule has 8 rings (SSSR count). The smallest absolute Gasteiger partial charge is 0.293 e. The zero-order valence-electron chi connectivity index (χ0n) is 35.6. The number of fused-ring (bicyclic) bond motifs is 4. The minimum atomic E-state index is -3.25. The number of carbonyl (C=O) groups is 7. The Balaban J connectivity index is 1.03. The second-order valence-electron chi connectivity index (χ2n) is 17.8. The third kappa shape index (κ3) is 7.89. The summed E-state index contributed by atoms with van der Waals surface area (Å²) in [6.45, 7) is 5.14. The minimum absolute atomic E-state index is 0.0215. The van der Waals surface area contributed by atoms with Crippen molar-refractivity contribution >= 4 is 75.7 Å². The summed E-state index contributed by atoms with van der Waals surface area (Å²) in [5, 5.41) is 21.2. The normalized spacial score (nSPS) is 19.3. The van der Waals surface area contributed by atoms with Gasteiger partial charge in [0, 0.05) is 60.8 Å². The maximum atomic E-state index is 14.1. The van der Waals surface area contributed by atoms with E-state index in [9.17, 15) is 56.4 Å². The second-order valence-corrected chi connectivity index (χ2v) is 18.6. The van der Waals surface area contributed by atoms with E-state index in [0.29, 0.717) is 30.8 Å². The van der Waals surface area contributed by atoms with Crippen molar-refractivity contribution in [2.24, 2.45) is 11.8 Å². The van der Waals surface area contributed by atoms with Gasteiger partial charge in [0.1, 0.15) is 34.6 Å². The molecular formula is C45H40Cl2F4N8O7. The molecule has 344 valence electrons. The van der Waals surface area contributed by atoms with Crippen LogP contribution in [-0.4, -0.2) is 74.3 Å². The van der Waals surface area contributed by atoms with Crippen LogP contribution in [0.3, 0.4) is 0 Å². The number of nitrogens with one attached hydrogen (secondary N) is 5. The molecule has 2 aromatic carbocycles. The van der Waals surface area contributed by atoms with Crippen LogP contribution in [0.1, 0.15) is 110 Å². The molecule has 2 aromatic heterocycles. The van der Waals surface area contributed by atoms with Gasteiger partial charge in [0.15, 0.2) is 0 Å². The van der Waals surface area contributed by atoms with E-state index in [2.05, 4.69) is 26.6 Å². The molecule has 5 N–H and O–H groups in total. The van der Waals surface area contributed by atoms with Gasteiger partial charge < -0.3 is 35.7 Å². The fraction of sp³-hybridized carbons (Fsp3) is 0.378. The van der Waals surface area contributed by atoms with Crippen LogP contribution in [0, 0.1) is 41.7 Å². The summed E-state index contributed by atoms with van der Waals surface area (Å²) < 4.78 is 59.2. The molecule has 66 heavy (non-hydrogen) atoms. The van der Waals surface area contributed by atoms with Crippen molar-refractivity contribution in [2.75, 3.05) is 17.7 Å². The number of hydrogen-bond acceptors (Lipinski definition) is 8. The highest BCUT2D eigenvalue weighted by atomic mass is 35.5. The van der Waals surface area contributed by atoms with Crippen LogP contribution >= 0.6 is 23.2 Å². The summed E-state index contributed by atoms with van der Waals surface area (Å²) in [4.78, 5) is 95.5. The number of rotatable bonds is 13. The molecule has 4 aromatic rings. The fourth-order valence-electron chi connectivity index (χ4n) is 9.98. The van der Waals surface area contributed by atoms with Crippen LogP contribution in [0.5, 0.6) is 0 Å². The number of nitriles is 1. The van der Waals surface area contributed by atoms with E-state index >= 15 is 0 Å². The lowest BCUT2D eigenvalue weighted by atomic mass is 9.72. The SMILES string of the molecule is CNC(=O)C1(NC(=O)C(=O)c2c(C)c(C(=O)Nc3ccc(F)c(Cl)c3)n3c2C[C@@H]2C(CC(C)(C)NC(=O)C(=O)c4c(Cl)c(C(=O)Nc5ccc(F)c(C#N)c5)n5c4CCC5)[C@@H]23)CC(F)(F)C1. The van der Waals surface area contributed by atoms with Crippen LogP contribution in [0.15, 0.2) is 36.4 Å². The summed E-state index contributed by atoms with van der Waals surface area (Å²) in [7, 11) is 1.21. The third-order valence-electron chi connectivity index (χ3n) is 12.8. The predicted octanol–water partition coefficient (Wildman–Crippen LogP) is 6.23. The number of ketones is 2. The summed E-state index contributed by atoms with van der Waals surface area (Å²) in [6, 6.07) is 8.17. The van der Waals surface area contributed by atoms with Crippen LogP contribution in [-0.2, 0) is 33.8 Å². The van der Waals surface area contributed by atoms with E-state index in [1.54, 1.807) is 29.1 Å². The van der Waals surface area contributed by atoms with E-state index in [1.807, 2.05) is 0 Å². The minimum Gasteiger partial charge on any atom is -0.357 e. The van der Waals surface area contributed by atoms with Crippen molar-refractivity contribution in [3.63, 3.8) is 0 Å². The van der Waals surface area contributed by atoms with Gasteiger partial charge in [-0.1, -0.05) is 23.2 Å². The molecule has 2 fully saturated rings. The third-order valence-corrected chi connectivity index (χ3v) is 13.5. The van der Waals surface area contributed by atoms with Gasteiger partial charge in [0.2, 0.25) is 5.91 Å². The highest BCUT2D eigenvalue weighted by molar-refractivity contribution is 6.48. The molecule has 2 aliphatic heterocycles. The highest BCUT2D eigenvalue weighted by Crippen LogP contribution is 2.62. The molecule has 21 heteroatoms. The molecule has 2 saturated carbocycles. The van der Waals surface area contributed by atoms with Crippen LogP contribution in [0.25, 0.3) is 0 Å². The Kier molecular flexibility index (Phi) is 11.4. The first-order valence-corrected chi connectivity index (χ1v) is 21.5. The first-order chi connectivity index (χ1) is 31.0. The zero-order valence-corrected chi connectivity index (χ0v) is 37.1. The Labute approximate surface area is 383 Å². The van der Waals surface area contributed by atoms with E-state index < -0.39 is 88.6 Å². The predicted molar refractivity (Wildman–Crippen MR) is 230 cm³/mol. The topological polar surface area (TPSA) is 213 Å². The van der Waals surface area contributed by atoms with E-state index in [0.717, 1.165) is 18.2 Å². The molecule has 15 nitrogen and oxygen atoms in total. The van der Waals surface area contributed by atoms with Gasteiger partial charge in [-0.15, -0.1) is 0 Å². The molecule has 2 aliphatic carbocycles. The molecule has 0 saturated heterocycles. The number of hydrogen-bond donors (Lipinski definition) is 5. The van der Waals surface area contributed by atoms with Gasteiger partial charge >= 0.3 is 0 Å². The van der Waals surface area contributed by atoms with E-state index in [-0.39, 0.29) is 79.7 Å². The zero-order chi connectivity index (χ0) is 47.9. The number of amides is 5. The molecule has 0 spiro atoms.